The fourth-order valence-corrected chi connectivity index (χ4v) is 11.4. The molecule has 0 amide bonds. The molecule has 0 unspecified atom stereocenters. The number of hydrogen-bond acceptors (Lipinski definition) is 6. The van der Waals surface area contributed by atoms with E-state index in [0.717, 1.165) is 85.1 Å². The molecule has 15 rings (SSSR count). The minimum Gasteiger partial charge on any atom is -0.458 e. The highest BCUT2D eigenvalue weighted by Gasteiger charge is 2.50. The van der Waals surface area contributed by atoms with Crippen molar-refractivity contribution in [3.8, 4) is 23.0 Å². The molecule has 0 saturated carbocycles. The zero-order valence-electron chi connectivity index (χ0n) is 33.2. The van der Waals surface area contributed by atoms with Gasteiger partial charge in [-0.25, -0.2) is 0 Å². The van der Waals surface area contributed by atoms with Crippen molar-refractivity contribution in [2.75, 3.05) is 19.6 Å². The Hall–Kier alpha value is -8.09. The molecule has 0 bridgehead atoms. The third-order valence-corrected chi connectivity index (χ3v) is 13.8. The van der Waals surface area contributed by atoms with Crippen molar-refractivity contribution in [2.45, 2.75) is 0 Å². The largest absolute Gasteiger partial charge is 0.458 e. The van der Waals surface area contributed by atoms with Crippen LogP contribution in [-0.2, 0) is 0 Å². The van der Waals surface area contributed by atoms with Crippen LogP contribution in [0, 0.1) is 0 Å². The van der Waals surface area contributed by atoms with Gasteiger partial charge in [0.15, 0.2) is 11.5 Å². The minimum atomic E-state index is -0.0812. The molecular weight excluding hydrogens is 758 g/mol. The molecule has 6 nitrogen and oxygen atoms in total. The quantitative estimate of drug-likeness (QED) is 0.162. The first kappa shape index (κ1) is 32.7. The average molecular weight is 791 g/mol. The van der Waals surface area contributed by atoms with E-state index in [1.807, 2.05) is 6.07 Å². The van der Waals surface area contributed by atoms with Gasteiger partial charge in [0.1, 0.15) is 11.5 Å². The maximum absolute atomic E-state index is 7.15. The first-order valence-corrected chi connectivity index (χ1v) is 21.3. The van der Waals surface area contributed by atoms with E-state index in [2.05, 4.69) is 208 Å². The molecule has 0 aromatic heterocycles. The Morgan fingerprint density at radius 2 is 0.790 bits per heavy atom. The average Bonchev–Trinajstić information content (AvgIpc) is 3.33. The number of anilines is 12. The van der Waals surface area contributed by atoms with E-state index < -0.39 is 0 Å². The van der Waals surface area contributed by atoms with Crippen molar-refractivity contribution in [3.05, 3.63) is 194 Å². The van der Waals surface area contributed by atoms with Crippen LogP contribution in [0.2, 0.25) is 0 Å². The van der Waals surface area contributed by atoms with E-state index >= 15 is 0 Å². The lowest BCUT2D eigenvalue weighted by molar-refractivity contribution is 0.468. The summed E-state index contributed by atoms with van der Waals surface area (Å²) in [7, 11) is 0. The summed E-state index contributed by atoms with van der Waals surface area (Å²) in [4.78, 5) is 9.82. The van der Waals surface area contributed by atoms with Crippen LogP contribution in [0.1, 0.15) is 0 Å². The Bertz CT molecular complexity index is 3430. The molecule has 0 aliphatic carbocycles. The molecule has 9 aromatic carbocycles. The highest BCUT2D eigenvalue weighted by atomic mass is 16.5. The van der Waals surface area contributed by atoms with Crippen molar-refractivity contribution in [1.82, 2.24) is 0 Å². The van der Waals surface area contributed by atoms with Crippen molar-refractivity contribution in [1.29, 1.82) is 0 Å². The van der Waals surface area contributed by atoms with E-state index in [1.54, 1.807) is 0 Å². The number of nitrogens with zero attached hydrogens (tertiary/aromatic N) is 4. The Balaban J connectivity index is 1.03. The highest BCUT2D eigenvalue weighted by Crippen LogP contribution is 2.57. The molecule has 8 heteroatoms. The molecule has 6 aliphatic rings. The standard InChI is InChI=1S/C54H32B2N4O2/c1-3-15-33(16-4-1)57-41-23-11-12-24-42(41)59-39-21-9-7-19-35(39)55-37-31-38-50(32-46(37)58(34-17-5-2-6-18-34)44-27-28-45(57)53(59)51(44)55)62-48-29-30-49-54-52(48)56(38)36-20-8-10-22-40(36)60(54)43-25-13-14-26-47(43)61-49/h1-32H. The van der Waals surface area contributed by atoms with Gasteiger partial charge in [-0.15, -0.1) is 0 Å². The summed E-state index contributed by atoms with van der Waals surface area (Å²) < 4.78 is 13.8. The lowest BCUT2D eigenvalue weighted by Crippen LogP contribution is -2.64. The summed E-state index contributed by atoms with van der Waals surface area (Å²) in [5.41, 5.74) is 21.0. The third kappa shape index (κ3) is 4.07. The van der Waals surface area contributed by atoms with Crippen LogP contribution in [0.4, 0.5) is 68.2 Å². The number of fused-ring (bicyclic) bond motifs is 14. The van der Waals surface area contributed by atoms with Gasteiger partial charge < -0.3 is 29.1 Å². The van der Waals surface area contributed by atoms with Gasteiger partial charge in [-0.3, -0.25) is 0 Å². The Kier molecular flexibility index (Phi) is 6.23. The molecule has 0 saturated heterocycles. The lowest BCUT2D eigenvalue weighted by Gasteiger charge is -2.49. The maximum Gasteiger partial charge on any atom is 0.256 e. The summed E-state index contributed by atoms with van der Waals surface area (Å²) >= 11 is 0. The zero-order valence-corrected chi connectivity index (χ0v) is 33.2. The van der Waals surface area contributed by atoms with Gasteiger partial charge in [0.25, 0.3) is 13.4 Å². The second-order valence-corrected chi connectivity index (χ2v) is 16.8. The summed E-state index contributed by atoms with van der Waals surface area (Å²) in [6, 6.07) is 70.4. The van der Waals surface area contributed by atoms with Gasteiger partial charge in [-0.1, -0.05) is 103 Å². The summed E-state index contributed by atoms with van der Waals surface area (Å²) in [5.74, 6) is 3.42. The van der Waals surface area contributed by atoms with Gasteiger partial charge in [0, 0.05) is 45.7 Å². The molecule has 0 N–H and O–H groups in total. The van der Waals surface area contributed by atoms with Crippen LogP contribution >= 0.6 is 0 Å². The van der Waals surface area contributed by atoms with E-state index in [1.165, 1.54) is 38.9 Å². The van der Waals surface area contributed by atoms with Crippen molar-refractivity contribution >= 4 is 114 Å². The monoisotopic (exact) mass is 790 g/mol. The fourth-order valence-electron chi connectivity index (χ4n) is 11.4. The first-order valence-electron chi connectivity index (χ1n) is 21.3. The van der Waals surface area contributed by atoms with Crippen LogP contribution < -0.4 is 61.9 Å². The van der Waals surface area contributed by atoms with Gasteiger partial charge in [-0.2, -0.15) is 0 Å². The first-order chi connectivity index (χ1) is 30.8. The fraction of sp³-hybridized carbons (Fsp3) is 0. The summed E-state index contributed by atoms with van der Waals surface area (Å²) in [6.07, 6.45) is 0. The molecule has 6 aliphatic heterocycles. The Morgan fingerprint density at radius 3 is 1.50 bits per heavy atom. The second kappa shape index (κ2) is 11.8. The van der Waals surface area contributed by atoms with Crippen LogP contribution in [-0.4, -0.2) is 13.4 Å². The molecule has 6 heterocycles. The van der Waals surface area contributed by atoms with Gasteiger partial charge in [-0.05, 0) is 112 Å². The molecule has 286 valence electrons. The third-order valence-electron chi connectivity index (χ3n) is 13.8. The number of benzene rings is 9. The van der Waals surface area contributed by atoms with Crippen molar-refractivity contribution in [3.63, 3.8) is 0 Å². The van der Waals surface area contributed by atoms with Gasteiger partial charge in [0.2, 0.25) is 0 Å². The van der Waals surface area contributed by atoms with E-state index in [4.69, 9.17) is 9.47 Å². The molecule has 0 atom stereocenters. The SMILES string of the molecule is c1ccc(N2c3cc4c(cc3B3c5ccccc5N5c6ccccc6N(c6ccccc6)c6ccc2c3c65)B2c3ccccc3N3c5ccccc5Oc5ccc(c2c53)O4)cc1. The van der Waals surface area contributed by atoms with E-state index in [-0.39, 0.29) is 13.4 Å². The molecule has 0 fully saturated rings. The molecule has 0 spiro atoms. The lowest BCUT2D eigenvalue weighted by atomic mass is 9.30. The predicted molar refractivity (Wildman–Crippen MR) is 255 cm³/mol. The molecular formula is C54H32B2N4O2. The molecule has 0 radical (unpaired) electrons. The topological polar surface area (TPSA) is 31.4 Å². The summed E-state index contributed by atoms with van der Waals surface area (Å²) in [6.45, 7) is -0.144. The predicted octanol–water partition coefficient (Wildman–Crippen LogP) is 10.1. The van der Waals surface area contributed by atoms with Crippen LogP contribution in [0.15, 0.2) is 194 Å². The number of hydrogen-bond donors (Lipinski definition) is 0. The number of para-hydroxylation sites is 8. The Morgan fingerprint density at radius 1 is 0.274 bits per heavy atom. The zero-order chi connectivity index (χ0) is 40.2. The number of ether oxygens (including phenoxy) is 2. The minimum absolute atomic E-state index is 0.0628. The van der Waals surface area contributed by atoms with Gasteiger partial charge >= 0.3 is 0 Å². The number of rotatable bonds is 2. The Labute approximate surface area is 359 Å². The van der Waals surface area contributed by atoms with Crippen LogP contribution in [0.25, 0.3) is 0 Å². The van der Waals surface area contributed by atoms with Crippen molar-refractivity contribution in [2.24, 2.45) is 0 Å². The van der Waals surface area contributed by atoms with Gasteiger partial charge in [0.05, 0.1) is 34.1 Å². The van der Waals surface area contributed by atoms with Crippen LogP contribution in [0.3, 0.4) is 0 Å². The summed E-state index contributed by atoms with van der Waals surface area (Å²) in [5, 5.41) is 0. The van der Waals surface area contributed by atoms with E-state index in [0.29, 0.717) is 0 Å². The van der Waals surface area contributed by atoms with Crippen LogP contribution in [0.5, 0.6) is 23.0 Å². The maximum atomic E-state index is 7.15. The van der Waals surface area contributed by atoms with E-state index in [9.17, 15) is 0 Å². The van der Waals surface area contributed by atoms with Crippen molar-refractivity contribution < 1.29 is 9.47 Å². The molecule has 9 aromatic rings. The smallest absolute Gasteiger partial charge is 0.256 e. The molecule has 62 heavy (non-hydrogen) atoms. The highest BCUT2D eigenvalue weighted by molar-refractivity contribution is 7.02. The normalized spacial score (nSPS) is 14.5. The second-order valence-electron chi connectivity index (χ2n) is 16.8.